The number of sulfonamides is 1. The maximum Gasteiger partial charge on any atom is 0.254 e. The van der Waals surface area contributed by atoms with E-state index in [1.54, 1.807) is 31.3 Å². The molecule has 7 nitrogen and oxygen atoms in total. The van der Waals surface area contributed by atoms with E-state index in [4.69, 9.17) is 0 Å². The van der Waals surface area contributed by atoms with Crippen molar-refractivity contribution in [2.75, 3.05) is 35.5 Å². The summed E-state index contributed by atoms with van der Waals surface area (Å²) in [5, 5.41) is 2.86. The molecule has 0 unspecified atom stereocenters. The minimum atomic E-state index is -3.32. The Labute approximate surface area is 171 Å². The molecule has 2 amide bonds. The fourth-order valence-corrected chi connectivity index (χ4v) is 4.98. The molecule has 154 valence electrons. The molecular weight excluding hydrogens is 390 g/mol. The minimum Gasteiger partial charge on any atom is -0.332 e. The molecule has 0 saturated carbocycles. The van der Waals surface area contributed by atoms with Crippen molar-refractivity contribution < 1.29 is 18.0 Å². The van der Waals surface area contributed by atoms with Crippen molar-refractivity contribution in [2.45, 2.75) is 20.3 Å². The number of carbonyl (C=O) groups excluding carboxylic acids is 2. The van der Waals surface area contributed by atoms with Crippen molar-refractivity contribution >= 4 is 33.2 Å². The van der Waals surface area contributed by atoms with Gasteiger partial charge in [-0.2, -0.15) is 0 Å². The van der Waals surface area contributed by atoms with Crippen LogP contribution < -0.4 is 9.62 Å². The maximum atomic E-state index is 12.8. The average Bonchev–Trinajstić information content (AvgIpc) is 3.03. The molecule has 0 aromatic heterocycles. The minimum absolute atomic E-state index is 0.112. The zero-order valence-electron chi connectivity index (χ0n) is 16.8. The predicted molar refractivity (Wildman–Crippen MR) is 114 cm³/mol. The van der Waals surface area contributed by atoms with Gasteiger partial charge in [0.05, 0.1) is 18.0 Å². The summed E-state index contributed by atoms with van der Waals surface area (Å²) >= 11 is 0. The number of rotatable bonds is 5. The molecule has 1 heterocycles. The molecule has 1 saturated heterocycles. The lowest BCUT2D eigenvalue weighted by Gasteiger charge is -2.20. The van der Waals surface area contributed by atoms with Gasteiger partial charge in [0.25, 0.3) is 5.91 Å². The number of hydrogen-bond donors (Lipinski definition) is 1. The van der Waals surface area contributed by atoms with Gasteiger partial charge in [0.15, 0.2) is 0 Å². The van der Waals surface area contributed by atoms with Gasteiger partial charge in [0.2, 0.25) is 15.9 Å². The summed E-state index contributed by atoms with van der Waals surface area (Å²) < 4.78 is 25.6. The average molecular weight is 416 g/mol. The van der Waals surface area contributed by atoms with Crippen LogP contribution in [-0.4, -0.2) is 51.0 Å². The van der Waals surface area contributed by atoms with E-state index in [2.05, 4.69) is 5.32 Å². The Hall–Kier alpha value is -2.87. The van der Waals surface area contributed by atoms with Gasteiger partial charge in [0, 0.05) is 24.8 Å². The smallest absolute Gasteiger partial charge is 0.254 e. The van der Waals surface area contributed by atoms with E-state index in [-0.39, 0.29) is 24.1 Å². The van der Waals surface area contributed by atoms with Crippen LogP contribution in [0.2, 0.25) is 0 Å². The maximum absolute atomic E-state index is 12.8. The van der Waals surface area contributed by atoms with Crippen LogP contribution in [0.5, 0.6) is 0 Å². The molecule has 8 heteroatoms. The van der Waals surface area contributed by atoms with E-state index in [0.29, 0.717) is 24.2 Å². The number of para-hydroxylation sites is 1. The van der Waals surface area contributed by atoms with Crippen LogP contribution in [0, 0.1) is 13.8 Å². The lowest BCUT2D eigenvalue weighted by Crippen LogP contribution is -2.35. The molecule has 0 bridgehead atoms. The summed E-state index contributed by atoms with van der Waals surface area (Å²) in [4.78, 5) is 26.5. The number of likely N-dealkylation sites (N-methyl/N-ethyl adjacent to an activating group) is 1. The Kier molecular flexibility index (Phi) is 5.93. The molecule has 2 aromatic rings. The van der Waals surface area contributed by atoms with Crippen LogP contribution in [-0.2, 0) is 14.8 Å². The van der Waals surface area contributed by atoms with Crippen molar-refractivity contribution in [3.05, 3.63) is 59.2 Å². The fourth-order valence-electron chi connectivity index (χ4n) is 3.42. The second-order valence-electron chi connectivity index (χ2n) is 7.27. The largest absolute Gasteiger partial charge is 0.332 e. The van der Waals surface area contributed by atoms with Gasteiger partial charge in [-0.15, -0.1) is 0 Å². The van der Waals surface area contributed by atoms with Crippen molar-refractivity contribution in [1.82, 2.24) is 4.90 Å². The highest BCUT2D eigenvalue weighted by atomic mass is 32.2. The number of nitrogens with zero attached hydrogens (tertiary/aromatic N) is 2. The number of hydrogen-bond acceptors (Lipinski definition) is 4. The van der Waals surface area contributed by atoms with Crippen LogP contribution in [0.25, 0.3) is 0 Å². The normalized spacial score (nSPS) is 15.2. The zero-order chi connectivity index (χ0) is 21.2. The summed E-state index contributed by atoms with van der Waals surface area (Å²) in [6, 6.07) is 12.3. The number of anilines is 2. The van der Waals surface area contributed by atoms with Crippen LogP contribution in [0.4, 0.5) is 11.4 Å². The summed E-state index contributed by atoms with van der Waals surface area (Å²) in [5.41, 5.74) is 3.46. The molecule has 1 aliphatic heterocycles. The SMILES string of the molecule is Cc1cccc(C)c1NC(=O)CN(C)C(=O)c1cccc(N2CCCS2(=O)=O)c1. The predicted octanol–water partition coefficient (Wildman–Crippen LogP) is 2.55. The molecule has 1 N–H and O–H groups in total. The van der Waals surface area contributed by atoms with Crippen LogP contribution >= 0.6 is 0 Å². The fraction of sp³-hybridized carbons (Fsp3) is 0.333. The highest BCUT2D eigenvalue weighted by Crippen LogP contribution is 2.25. The Morgan fingerprint density at radius 2 is 1.76 bits per heavy atom. The van der Waals surface area contributed by atoms with Gasteiger partial charge in [0.1, 0.15) is 0 Å². The van der Waals surface area contributed by atoms with Crippen molar-refractivity contribution in [3.63, 3.8) is 0 Å². The van der Waals surface area contributed by atoms with E-state index < -0.39 is 10.0 Å². The molecular formula is C21H25N3O4S. The Morgan fingerprint density at radius 3 is 2.38 bits per heavy atom. The van der Waals surface area contributed by atoms with E-state index in [9.17, 15) is 18.0 Å². The van der Waals surface area contributed by atoms with Crippen LogP contribution in [0.3, 0.4) is 0 Å². The van der Waals surface area contributed by atoms with E-state index in [0.717, 1.165) is 16.8 Å². The van der Waals surface area contributed by atoms with Gasteiger partial charge in [-0.3, -0.25) is 13.9 Å². The number of nitrogens with one attached hydrogen (secondary N) is 1. The highest BCUT2D eigenvalue weighted by molar-refractivity contribution is 7.93. The molecule has 0 aliphatic carbocycles. The highest BCUT2D eigenvalue weighted by Gasteiger charge is 2.29. The van der Waals surface area contributed by atoms with E-state index in [1.165, 1.54) is 9.21 Å². The first kappa shape index (κ1) is 20.9. The third-order valence-electron chi connectivity index (χ3n) is 4.95. The summed E-state index contributed by atoms with van der Waals surface area (Å²) in [5.74, 6) is -0.527. The quantitative estimate of drug-likeness (QED) is 0.813. The molecule has 0 radical (unpaired) electrons. The number of amides is 2. The van der Waals surface area contributed by atoms with Gasteiger partial charge in [-0.05, 0) is 49.6 Å². The van der Waals surface area contributed by atoms with E-state index >= 15 is 0 Å². The second-order valence-corrected chi connectivity index (χ2v) is 9.28. The molecule has 3 rings (SSSR count). The summed E-state index contributed by atoms with van der Waals surface area (Å²) in [6.07, 6.45) is 0.568. The number of carbonyl (C=O) groups is 2. The second kappa shape index (κ2) is 8.24. The number of benzene rings is 2. The first-order chi connectivity index (χ1) is 13.7. The monoisotopic (exact) mass is 415 g/mol. The first-order valence-corrected chi connectivity index (χ1v) is 11.0. The molecule has 0 atom stereocenters. The van der Waals surface area contributed by atoms with Gasteiger partial charge in [-0.25, -0.2) is 8.42 Å². The summed E-state index contributed by atoms with van der Waals surface area (Å²) in [7, 11) is -1.77. The first-order valence-electron chi connectivity index (χ1n) is 9.41. The Bertz CT molecular complexity index is 1030. The number of aryl methyl sites for hydroxylation is 2. The van der Waals surface area contributed by atoms with Crippen LogP contribution in [0.1, 0.15) is 27.9 Å². The standard InChI is InChI=1S/C21H25N3O4S/c1-15-7-4-8-16(2)20(15)22-19(25)14-23(3)21(26)17-9-5-10-18(13-17)24-11-6-12-29(24,27)28/h4-5,7-10,13H,6,11-12,14H2,1-3H3,(H,22,25). The summed E-state index contributed by atoms with van der Waals surface area (Å²) in [6.45, 7) is 4.12. The third-order valence-corrected chi connectivity index (χ3v) is 6.82. The Balaban J connectivity index is 1.70. The Morgan fingerprint density at radius 1 is 1.10 bits per heavy atom. The van der Waals surface area contributed by atoms with Gasteiger partial charge in [-0.1, -0.05) is 24.3 Å². The molecule has 1 aliphatic rings. The molecule has 29 heavy (non-hydrogen) atoms. The van der Waals surface area contributed by atoms with Gasteiger partial charge >= 0.3 is 0 Å². The van der Waals surface area contributed by atoms with Crippen LogP contribution in [0.15, 0.2) is 42.5 Å². The van der Waals surface area contributed by atoms with E-state index in [1.807, 2.05) is 32.0 Å². The van der Waals surface area contributed by atoms with Gasteiger partial charge < -0.3 is 10.2 Å². The van der Waals surface area contributed by atoms with Crippen molar-refractivity contribution in [1.29, 1.82) is 0 Å². The lowest BCUT2D eigenvalue weighted by molar-refractivity contribution is -0.116. The lowest BCUT2D eigenvalue weighted by atomic mass is 10.1. The third kappa shape index (κ3) is 4.59. The van der Waals surface area contributed by atoms with Crippen molar-refractivity contribution in [3.8, 4) is 0 Å². The molecule has 0 spiro atoms. The topological polar surface area (TPSA) is 86.8 Å². The molecule has 1 fully saturated rings. The molecule has 2 aromatic carbocycles. The zero-order valence-corrected chi connectivity index (χ0v) is 17.6. The van der Waals surface area contributed by atoms with Crippen molar-refractivity contribution in [2.24, 2.45) is 0 Å².